The first-order chi connectivity index (χ1) is 8.63. The maximum atomic E-state index is 12.2. The van der Waals surface area contributed by atoms with Gasteiger partial charge in [0.15, 0.2) is 0 Å². The quantitative estimate of drug-likeness (QED) is 0.919. The summed E-state index contributed by atoms with van der Waals surface area (Å²) in [5.74, 6) is 0.141. The predicted molar refractivity (Wildman–Crippen MR) is 78.2 cm³/mol. The lowest BCUT2D eigenvalue weighted by Gasteiger charge is -2.17. The summed E-state index contributed by atoms with van der Waals surface area (Å²) in [6, 6.07) is 5.56. The molecule has 1 aliphatic rings. The highest BCUT2D eigenvalue weighted by Gasteiger charge is 2.31. The van der Waals surface area contributed by atoms with Crippen molar-refractivity contribution in [2.45, 2.75) is 25.8 Å². The van der Waals surface area contributed by atoms with Gasteiger partial charge >= 0.3 is 0 Å². The van der Waals surface area contributed by atoms with Crippen LogP contribution in [0.2, 0.25) is 5.02 Å². The summed E-state index contributed by atoms with van der Waals surface area (Å²) < 4.78 is 0.847. The Labute approximate surface area is 121 Å². The maximum Gasteiger partial charge on any atom is 0.244 e. The molecule has 0 spiro atoms. The van der Waals surface area contributed by atoms with Crippen molar-refractivity contribution in [2.75, 3.05) is 18.0 Å². The van der Waals surface area contributed by atoms with E-state index < -0.39 is 0 Å². The maximum absolute atomic E-state index is 12.2. The fraction of sp³-hybridized carbons (Fsp3) is 0.462. The van der Waals surface area contributed by atoms with Gasteiger partial charge in [-0.25, -0.2) is 0 Å². The van der Waals surface area contributed by atoms with E-state index in [0.29, 0.717) is 5.02 Å². The van der Waals surface area contributed by atoms with Gasteiger partial charge in [-0.05, 0) is 53.5 Å². The van der Waals surface area contributed by atoms with Crippen LogP contribution >= 0.6 is 27.5 Å². The van der Waals surface area contributed by atoms with Gasteiger partial charge in [0.1, 0.15) is 0 Å². The number of rotatable bonds is 4. The summed E-state index contributed by atoms with van der Waals surface area (Å²) in [6.07, 6.45) is 1.89. The number of carbonyl (C=O) groups excluding carboxylic acids is 1. The number of carbonyl (C=O) groups is 1. The predicted octanol–water partition coefficient (Wildman–Crippen LogP) is 3.21. The first-order valence-electron chi connectivity index (χ1n) is 6.13. The molecule has 5 heteroatoms. The molecule has 1 heterocycles. The summed E-state index contributed by atoms with van der Waals surface area (Å²) in [4.78, 5) is 14.0. The van der Waals surface area contributed by atoms with Gasteiger partial charge in [-0.15, -0.1) is 0 Å². The Morgan fingerprint density at radius 3 is 3.00 bits per heavy atom. The Morgan fingerprint density at radius 2 is 2.33 bits per heavy atom. The minimum Gasteiger partial charge on any atom is -0.311 e. The van der Waals surface area contributed by atoms with Gasteiger partial charge in [0.05, 0.1) is 11.1 Å². The van der Waals surface area contributed by atoms with Gasteiger partial charge in [0, 0.05) is 16.7 Å². The Kier molecular flexibility index (Phi) is 4.65. The highest BCUT2D eigenvalue weighted by atomic mass is 79.9. The zero-order chi connectivity index (χ0) is 13.1. The lowest BCUT2D eigenvalue weighted by molar-refractivity contribution is -0.118. The van der Waals surface area contributed by atoms with Crippen LogP contribution in [-0.4, -0.2) is 25.0 Å². The van der Waals surface area contributed by atoms with Crippen molar-refractivity contribution in [2.24, 2.45) is 0 Å². The number of hydrogen-bond acceptors (Lipinski definition) is 2. The molecule has 1 aliphatic heterocycles. The number of halogens is 2. The molecule has 1 fully saturated rings. The van der Waals surface area contributed by atoms with Crippen LogP contribution in [0.4, 0.5) is 5.69 Å². The number of anilines is 1. The Hall–Kier alpha value is -0.580. The summed E-state index contributed by atoms with van der Waals surface area (Å²) in [5.41, 5.74) is 0.869. The van der Waals surface area contributed by atoms with Crippen LogP contribution < -0.4 is 10.2 Å². The van der Waals surface area contributed by atoms with E-state index >= 15 is 0 Å². The molecule has 1 N–H and O–H groups in total. The topological polar surface area (TPSA) is 32.3 Å². The molecule has 3 nitrogen and oxygen atoms in total. The lowest BCUT2D eigenvalue weighted by atomic mass is 10.2. The minimum atomic E-state index is -0.0487. The molecule has 0 bridgehead atoms. The molecule has 2 rings (SSSR count). The second-order valence-corrected chi connectivity index (χ2v) is 5.65. The highest BCUT2D eigenvalue weighted by molar-refractivity contribution is 9.10. The van der Waals surface area contributed by atoms with Crippen LogP contribution in [0.3, 0.4) is 0 Å². The molecule has 1 aromatic rings. The lowest BCUT2D eigenvalue weighted by Crippen LogP contribution is -2.38. The average Bonchev–Trinajstić information content (AvgIpc) is 2.72. The van der Waals surface area contributed by atoms with Crippen molar-refractivity contribution in [3.8, 4) is 0 Å². The standard InChI is InChI=1S/C13H16BrClN2O/c1-2-6-16-12-5-7-17(13(12)18)9-3-4-10(14)11(15)8-9/h3-4,8,12,16H,2,5-7H2,1H3. The van der Waals surface area contributed by atoms with Gasteiger partial charge in [-0.2, -0.15) is 0 Å². The van der Waals surface area contributed by atoms with Crippen LogP contribution in [0.1, 0.15) is 19.8 Å². The van der Waals surface area contributed by atoms with Crippen LogP contribution in [-0.2, 0) is 4.79 Å². The van der Waals surface area contributed by atoms with E-state index in [4.69, 9.17) is 11.6 Å². The number of amides is 1. The van der Waals surface area contributed by atoms with E-state index in [1.807, 2.05) is 18.2 Å². The number of hydrogen-bond donors (Lipinski definition) is 1. The van der Waals surface area contributed by atoms with E-state index in [1.165, 1.54) is 0 Å². The molecule has 18 heavy (non-hydrogen) atoms. The normalized spacial score (nSPS) is 19.6. The second-order valence-electron chi connectivity index (χ2n) is 4.38. The van der Waals surface area contributed by atoms with Gasteiger partial charge in [0.25, 0.3) is 0 Å². The van der Waals surface area contributed by atoms with E-state index in [2.05, 4.69) is 28.2 Å². The Balaban J connectivity index is 2.10. The van der Waals surface area contributed by atoms with Crippen LogP contribution in [0, 0.1) is 0 Å². The first-order valence-corrected chi connectivity index (χ1v) is 7.30. The molecule has 0 radical (unpaired) electrons. The van der Waals surface area contributed by atoms with Crippen LogP contribution in [0.25, 0.3) is 0 Å². The van der Waals surface area contributed by atoms with Crippen molar-refractivity contribution in [3.05, 3.63) is 27.7 Å². The molecule has 98 valence electrons. The largest absolute Gasteiger partial charge is 0.311 e. The highest BCUT2D eigenvalue weighted by Crippen LogP contribution is 2.29. The van der Waals surface area contributed by atoms with Crippen molar-refractivity contribution < 1.29 is 4.79 Å². The molecular weight excluding hydrogens is 316 g/mol. The molecule has 1 saturated heterocycles. The number of benzene rings is 1. The fourth-order valence-electron chi connectivity index (χ4n) is 2.10. The number of nitrogens with one attached hydrogen (secondary N) is 1. The Bertz CT molecular complexity index is 453. The zero-order valence-corrected chi connectivity index (χ0v) is 12.6. The third-order valence-electron chi connectivity index (χ3n) is 3.06. The van der Waals surface area contributed by atoms with Crippen molar-refractivity contribution >= 4 is 39.1 Å². The van der Waals surface area contributed by atoms with Crippen molar-refractivity contribution in [1.29, 1.82) is 0 Å². The summed E-state index contributed by atoms with van der Waals surface area (Å²) in [6.45, 7) is 3.72. The molecule has 0 aromatic heterocycles. The zero-order valence-electron chi connectivity index (χ0n) is 10.2. The summed E-state index contributed by atoms with van der Waals surface area (Å²) in [5, 5.41) is 3.90. The molecule has 1 amide bonds. The molecule has 0 saturated carbocycles. The van der Waals surface area contributed by atoms with Gasteiger partial charge < -0.3 is 10.2 Å². The van der Waals surface area contributed by atoms with Crippen LogP contribution in [0.5, 0.6) is 0 Å². The van der Waals surface area contributed by atoms with Crippen molar-refractivity contribution in [3.63, 3.8) is 0 Å². The molecule has 0 aliphatic carbocycles. The fourth-order valence-corrected chi connectivity index (χ4v) is 2.52. The summed E-state index contributed by atoms with van der Waals surface area (Å²) in [7, 11) is 0. The monoisotopic (exact) mass is 330 g/mol. The van der Waals surface area contributed by atoms with E-state index in [9.17, 15) is 4.79 Å². The Morgan fingerprint density at radius 1 is 1.56 bits per heavy atom. The first kappa shape index (κ1) is 13.8. The van der Waals surface area contributed by atoms with E-state index in [-0.39, 0.29) is 11.9 Å². The van der Waals surface area contributed by atoms with Gasteiger partial charge in [-0.3, -0.25) is 4.79 Å². The summed E-state index contributed by atoms with van der Waals surface area (Å²) >= 11 is 9.41. The SMILES string of the molecule is CCCNC1CCN(c2ccc(Br)c(Cl)c2)C1=O. The molecule has 1 atom stereocenters. The third kappa shape index (κ3) is 2.87. The third-order valence-corrected chi connectivity index (χ3v) is 4.29. The molecular formula is C13H16BrClN2O. The molecule has 1 unspecified atom stereocenters. The van der Waals surface area contributed by atoms with Gasteiger partial charge in [0.2, 0.25) is 5.91 Å². The van der Waals surface area contributed by atoms with Gasteiger partial charge in [-0.1, -0.05) is 18.5 Å². The van der Waals surface area contributed by atoms with Crippen molar-refractivity contribution in [1.82, 2.24) is 5.32 Å². The average molecular weight is 332 g/mol. The second kappa shape index (κ2) is 6.04. The van der Waals surface area contributed by atoms with E-state index in [1.54, 1.807) is 4.90 Å². The van der Waals surface area contributed by atoms with Crippen LogP contribution in [0.15, 0.2) is 22.7 Å². The smallest absolute Gasteiger partial charge is 0.244 e. The number of nitrogens with zero attached hydrogens (tertiary/aromatic N) is 1. The van der Waals surface area contributed by atoms with E-state index in [0.717, 1.165) is 36.1 Å². The minimum absolute atomic E-state index is 0.0487. The molecule has 1 aromatic carbocycles.